The Bertz CT molecular complexity index is 969. The van der Waals surface area contributed by atoms with Crippen molar-refractivity contribution < 1.29 is 24.5 Å². The monoisotopic (exact) mass is 388 g/mol. The first-order valence-corrected chi connectivity index (χ1v) is 9.55. The molecule has 2 atom stereocenters. The van der Waals surface area contributed by atoms with Gasteiger partial charge in [-0.3, -0.25) is 4.79 Å². The van der Waals surface area contributed by atoms with Crippen LogP contribution in [0.25, 0.3) is 11.0 Å². The molecule has 1 aromatic heterocycles. The fourth-order valence-electron chi connectivity index (χ4n) is 3.20. The van der Waals surface area contributed by atoms with Crippen LogP contribution in [0.3, 0.4) is 0 Å². The Kier molecular flexibility index (Phi) is 6.67. The standard InChI is InChI=1S/C22H28O6/c1-6-8-13-9-16(24)28-22-14(10-15(23)11(3)4)20(26)18(21(27)17(13)22)19(25)12(5)7-2/h9,12,15,23,26-27H,3,6-8,10H2,1-2,4-5H3/t12-,15-/m1/s1. The van der Waals surface area contributed by atoms with Gasteiger partial charge in [-0.05, 0) is 25.3 Å². The summed E-state index contributed by atoms with van der Waals surface area (Å²) in [5.74, 6) is -1.68. The lowest BCUT2D eigenvalue weighted by molar-refractivity contribution is 0.0921. The number of phenolic OH excluding ortho intramolecular Hbond substituents is 2. The van der Waals surface area contributed by atoms with Crippen molar-refractivity contribution in [2.75, 3.05) is 0 Å². The van der Waals surface area contributed by atoms with Gasteiger partial charge in [0.15, 0.2) is 5.78 Å². The summed E-state index contributed by atoms with van der Waals surface area (Å²) in [5.41, 5.74) is 0.286. The van der Waals surface area contributed by atoms with E-state index in [4.69, 9.17) is 4.42 Å². The molecule has 0 aliphatic carbocycles. The van der Waals surface area contributed by atoms with Gasteiger partial charge < -0.3 is 19.7 Å². The number of aliphatic hydroxyl groups excluding tert-OH is 1. The number of aryl methyl sites for hydroxylation is 1. The van der Waals surface area contributed by atoms with Gasteiger partial charge in [0.25, 0.3) is 0 Å². The van der Waals surface area contributed by atoms with Crippen LogP contribution in [0.5, 0.6) is 11.5 Å². The van der Waals surface area contributed by atoms with Gasteiger partial charge in [-0.1, -0.05) is 39.3 Å². The zero-order valence-electron chi connectivity index (χ0n) is 16.8. The maximum Gasteiger partial charge on any atom is 0.336 e. The van der Waals surface area contributed by atoms with Gasteiger partial charge in [0.2, 0.25) is 0 Å². The summed E-state index contributed by atoms with van der Waals surface area (Å²) in [6, 6.07) is 1.29. The Hall–Kier alpha value is -2.60. The minimum absolute atomic E-state index is 0.00745. The van der Waals surface area contributed by atoms with Crippen molar-refractivity contribution in [2.24, 2.45) is 5.92 Å². The van der Waals surface area contributed by atoms with E-state index in [1.165, 1.54) is 6.07 Å². The van der Waals surface area contributed by atoms with Crippen molar-refractivity contribution in [3.63, 3.8) is 0 Å². The van der Waals surface area contributed by atoms with Gasteiger partial charge in [-0.25, -0.2) is 4.79 Å². The van der Waals surface area contributed by atoms with E-state index >= 15 is 0 Å². The van der Waals surface area contributed by atoms with Crippen LogP contribution in [0.1, 0.15) is 62.0 Å². The average Bonchev–Trinajstić information content (AvgIpc) is 2.63. The number of aliphatic hydroxyl groups is 1. The van der Waals surface area contributed by atoms with Crippen molar-refractivity contribution >= 4 is 16.8 Å². The van der Waals surface area contributed by atoms with Gasteiger partial charge in [0.05, 0.1) is 11.5 Å². The molecule has 0 radical (unpaired) electrons. The van der Waals surface area contributed by atoms with Crippen LogP contribution in [0.4, 0.5) is 0 Å². The molecule has 6 heteroatoms. The van der Waals surface area contributed by atoms with Crippen LogP contribution in [-0.4, -0.2) is 27.2 Å². The van der Waals surface area contributed by atoms with Crippen LogP contribution in [0.15, 0.2) is 27.4 Å². The third-order valence-electron chi connectivity index (χ3n) is 5.11. The molecule has 0 fully saturated rings. The molecule has 2 rings (SSSR count). The summed E-state index contributed by atoms with van der Waals surface area (Å²) in [4.78, 5) is 24.9. The fraction of sp³-hybridized carbons (Fsp3) is 0.455. The van der Waals surface area contributed by atoms with E-state index in [1.807, 2.05) is 13.8 Å². The summed E-state index contributed by atoms with van der Waals surface area (Å²) in [6.07, 6.45) is 0.616. The highest BCUT2D eigenvalue weighted by molar-refractivity contribution is 6.09. The molecule has 1 heterocycles. The molecule has 0 aliphatic heterocycles. The summed E-state index contributed by atoms with van der Waals surface area (Å²) in [7, 11) is 0. The molecule has 0 spiro atoms. The summed E-state index contributed by atoms with van der Waals surface area (Å²) in [6.45, 7) is 10.8. The molecule has 1 aromatic carbocycles. The average molecular weight is 388 g/mol. The van der Waals surface area contributed by atoms with E-state index in [0.29, 0.717) is 30.4 Å². The second-order valence-corrected chi connectivity index (χ2v) is 7.34. The molecule has 3 N–H and O–H groups in total. The number of phenols is 2. The van der Waals surface area contributed by atoms with Crippen LogP contribution in [0, 0.1) is 5.92 Å². The van der Waals surface area contributed by atoms with Gasteiger partial charge in [0.1, 0.15) is 22.6 Å². The number of hydrogen-bond acceptors (Lipinski definition) is 6. The summed E-state index contributed by atoms with van der Waals surface area (Å²) < 4.78 is 5.32. The minimum atomic E-state index is -1.01. The summed E-state index contributed by atoms with van der Waals surface area (Å²) in [5, 5.41) is 32.2. The molecular formula is C22H28O6. The number of ketones is 1. The van der Waals surface area contributed by atoms with E-state index in [-0.39, 0.29) is 28.5 Å². The SMILES string of the molecule is C=C(C)[C@H](O)Cc1c(O)c(C(=O)[C@H](C)CC)c(O)c2c(CCC)cc(=O)oc12. The van der Waals surface area contributed by atoms with Crippen molar-refractivity contribution in [1.29, 1.82) is 0 Å². The molecule has 0 bridgehead atoms. The number of carbonyl (C=O) groups is 1. The third-order valence-corrected chi connectivity index (χ3v) is 5.11. The summed E-state index contributed by atoms with van der Waals surface area (Å²) >= 11 is 0. The largest absolute Gasteiger partial charge is 0.507 e. The lowest BCUT2D eigenvalue weighted by Crippen LogP contribution is -2.16. The Balaban J connectivity index is 2.96. The zero-order chi connectivity index (χ0) is 21.2. The number of rotatable bonds is 8. The van der Waals surface area contributed by atoms with Crippen molar-refractivity contribution in [2.45, 2.75) is 59.5 Å². The number of aromatic hydroxyl groups is 2. The molecule has 0 saturated heterocycles. The first-order chi connectivity index (χ1) is 13.1. The first-order valence-electron chi connectivity index (χ1n) is 9.55. The fourth-order valence-corrected chi connectivity index (χ4v) is 3.20. The number of Topliss-reactive ketones (excluding diaryl/α,β-unsaturated/α-hetero) is 1. The highest BCUT2D eigenvalue weighted by atomic mass is 16.4. The topological polar surface area (TPSA) is 108 Å². The molecule has 0 saturated carbocycles. The maximum atomic E-state index is 12.9. The van der Waals surface area contributed by atoms with E-state index in [2.05, 4.69) is 6.58 Å². The number of hydrogen-bond donors (Lipinski definition) is 3. The van der Waals surface area contributed by atoms with Crippen molar-refractivity contribution in [1.82, 2.24) is 0 Å². The maximum absolute atomic E-state index is 12.9. The second-order valence-electron chi connectivity index (χ2n) is 7.34. The van der Waals surface area contributed by atoms with Gasteiger partial charge >= 0.3 is 5.63 Å². The third kappa shape index (κ3) is 3.97. The Morgan fingerprint density at radius 3 is 2.43 bits per heavy atom. The number of fused-ring (bicyclic) bond motifs is 1. The van der Waals surface area contributed by atoms with Crippen LogP contribution in [-0.2, 0) is 12.8 Å². The molecular weight excluding hydrogens is 360 g/mol. The van der Waals surface area contributed by atoms with Crippen molar-refractivity contribution in [3.8, 4) is 11.5 Å². The number of benzene rings is 1. The Labute approximate surface area is 164 Å². The van der Waals surface area contributed by atoms with Gasteiger partial charge in [-0.15, -0.1) is 0 Å². The van der Waals surface area contributed by atoms with E-state index < -0.39 is 34.9 Å². The highest BCUT2D eigenvalue weighted by Crippen LogP contribution is 2.43. The lowest BCUT2D eigenvalue weighted by atomic mass is 9.89. The van der Waals surface area contributed by atoms with Crippen LogP contribution in [0.2, 0.25) is 0 Å². The van der Waals surface area contributed by atoms with E-state index in [9.17, 15) is 24.9 Å². The zero-order valence-corrected chi connectivity index (χ0v) is 16.8. The molecule has 0 unspecified atom stereocenters. The number of carbonyl (C=O) groups excluding carboxylic acids is 1. The molecule has 6 nitrogen and oxygen atoms in total. The quantitative estimate of drug-likeness (QED) is 0.360. The van der Waals surface area contributed by atoms with E-state index in [0.717, 1.165) is 0 Å². The molecule has 0 amide bonds. The highest BCUT2D eigenvalue weighted by Gasteiger charge is 2.30. The second kappa shape index (κ2) is 8.61. The molecule has 152 valence electrons. The lowest BCUT2D eigenvalue weighted by Gasteiger charge is -2.19. The minimum Gasteiger partial charge on any atom is -0.507 e. The molecule has 0 aliphatic rings. The van der Waals surface area contributed by atoms with Crippen LogP contribution < -0.4 is 5.63 Å². The normalized spacial score (nSPS) is 13.5. The first kappa shape index (κ1) is 21.7. The molecule has 28 heavy (non-hydrogen) atoms. The molecule has 2 aromatic rings. The Morgan fingerprint density at radius 2 is 1.89 bits per heavy atom. The predicted octanol–water partition coefficient (Wildman–Crippen LogP) is 3.87. The van der Waals surface area contributed by atoms with Crippen LogP contribution >= 0.6 is 0 Å². The van der Waals surface area contributed by atoms with Gasteiger partial charge in [-0.2, -0.15) is 0 Å². The van der Waals surface area contributed by atoms with Crippen molar-refractivity contribution in [3.05, 3.63) is 45.3 Å². The van der Waals surface area contributed by atoms with Gasteiger partial charge in [0, 0.05) is 24.0 Å². The predicted molar refractivity (Wildman–Crippen MR) is 108 cm³/mol. The smallest absolute Gasteiger partial charge is 0.336 e. The Morgan fingerprint density at radius 1 is 1.25 bits per heavy atom. The van der Waals surface area contributed by atoms with E-state index in [1.54, 1.807) is 13.8 Å².